The van der Waals surface area contributed by atoms with Crippen LogP contribution in [0, 0.1) is 0 Å². The Morgan fingerprint density at radius 3 is 2.52 bits per heavy atom. The minimum atomic E-state index is -0.259. The van der Waals surface area contributed by atoms with Crippen molar-refractivity contribution in [1.29, 1.82) is 0 Å². The lowest BCUT2D eigenvalue weighted by Gasteiger charge is -2.13. The molecule has 1 atom stereocenters. The molecular formula is C22H26N4O3. The van der Waals surface area contributed by atoms with Gasteiger partial charge < -0.3 is 15.4 Å². The monoisotopic (exact) mass is 394 g/mol. The largest absolute Gasteiger partial charge is 0.376 e. The summed E-state index contributed by atoms with van der Waals surface area (Å²) in [7, 11) is 0. The molecule has 0 unspecified atom stereocenters. The third-order valence-electron chi connectivity index (χ3n) is 4.50. The van der Waals surface area contributed by atoms with Gasteiger partial charge in [-0.05, 0) is 42.7 Å². The lowest BCUT2D eigenvalue weighted by molar-refractivity contribution is -0.119. The van der Waals surface area contributed by atoms with Crippen LogP contribution in [0.1, 0.15) is 35.7 Å². The molecule has 2 amide bonds. The van der Waals surface area contributed by atoms with Gasteiger partial charge in [-0.25, -0.2) is 4.99 Å². The van der Waals surface area contributed by atoms with Crippen molar-refractivity contribution >= 4 is 23.5 Å². The first-order valence-corrected chi connectivity index (χ1v) is 9.73. The summed E-state index contributed by atoms with van der Waals surface area (Å²) < 4.78 is 5.62. The Morgan fingerprint density at radius 2 is 1.86 bits per heavy atom. The third kappa shape index (κ3) is 6.73. The highest BCUT2D eigenvalue weighted by Gasteiger charge is 2.16. The fraction of sp³-hybridized carbons (Fsp3) is 0.318. The van der Waals surface area contributed by atoms with Crippen LogP contribution in [0.3, 0.4) is 0 Å². The van der Waals surface area contributed by atoms with Crippen LogP contribution in [0.5, 0.6) is 0 Å². The fourth-order valence-corrected chi connectivity index (χ4v) is 2.93. The maximum Gasteiger partial charge on any atom is 0.257 e. The van der Waals surface area contributed by atoms with E-state index in [4.69, 9.17) is 4.74 Å². The van der Waals surface area contributed by atoms with Crippen LogP contribution in [0.2, 0.25) is 0 Å². The Labute approximate surface area is 170 Å². The van der Waals surface area contributed by atoms with Crippen LogP contribution in [0.15, 0.2) is 59.6 Å². The molecule has 1 saturated heterocycles. The fourth-order valence-electron chi connectivity index (χ4n) is 2.93. The standard InChI is InChI=1S/C22H26N4O3/c1-16(27)23-14-17-9-11-18(12-10-17)21(28)26-22(24-15-20-8-5-13-29-20)25-19-6-3-2-4-7-19/h2-4,6-7,9-12,20H,5,8,13-15H2,1H3,(H,23,27)(H2,24,25,26,28)/t20-/m1/s1. The lowest BCUT2D eigenvalue weighted by atomic mass is 10.1. The van der Waals surface area contributed by atoms with Crippen molar-refractivity contribution in [1.82, 2.24) is 10.6 Å². The van der Waals surface area contributed by atoms with Crippen molar-refractivity contribution in [3.63, 3.8) is 0 Å². The molecule has 0 aromatic heterocycles. The molecule has 0 saturated carbocycles. The molecule has 3 rings (SSSR count). The molecule has 1 aliphatic heterocycles. The Kier molecular flexibility index (Phi) is 7.35. The Hall–Kier alpha value is -3.19. The summed E-state index contributed by atoms with van der Waals surface area (Å²) >= 11 is 0. The van der Waals surface area contributed by atoms with E-state index < -0.39 is 0 Å². The van der Waals surface area contributed by atoms with Gasteiger partial charge in [-0.3, -0.25) is 14.9 Å². The highest BCUT2D eigenvalue weighted by molar-refractivity contribution is 6.09. The number of hydrogen-bond acceptors (Lipinski definition) is 4. The molecule has 2 aromatic rings. The highest BCUT2D eigenvalue weighted by Crippen LogP contribution is 2.12. The number of nitrogens with zero attached hydrogens (tertiary/aromatic N) is 1. The quantitative estimate of drug-likeness (QED) is 0.519. The van der Waals surface area contributed by atoms with Gasteiger partial charge in [-0.2, -0.15) is 0 Å². The van der Waals surface area contributed by atoms with Gasteiger partial charge in [0.1, 0.15) is 0 Å². The molecule has 7 nitrogen and oxygen atoms in total. The molecule has 0 bridgehead atoms. The summed E-state index contributed by atoms with van der Waals surface area (Å²) in [5, 5.41) is 8.75. The van der Waals surface area contributed by atoms with E-state index in [-0.39, 0.29) is 17.9 Å². The third-order valence-corrected chi connectivity index (χ3v) is 4.50. The van der Waals surface area contributed by atoms with Gasteiger partial charge >= 0.3 is 0 Å². The smallest absolute Gasteiger partial charge is 0.257 e. The van der Waals surface area contributed by atoms with E-state index in [0.29, 0.717) is 24.6 Å². The summed E-state index contributed by atoms with van der Waals surface area (Å²) in [6.07, 6.45) is 2.11. The van der Waals surface area contributed by atoms with Crippen molar-refractivity contribution in [2.75, 3.05) is 18.5 Å². The second-order valence-electron chi connectivity index (χ2n) is 6.88. The SMILES string of the molecule is CC(=O)NCc1ccc(C(=O)NC(=NC[C@H]2CCCO2)Nc2ccccc2)cc1. The summed E-state index contributed by atoms with van der Waals surface area (Å²) in [6, 6.07) is 16.7. The average molecular weight is 394 g/mol. The first-order chi connectivity index (χ1) is 14.1. The predicted molar refractivity (Wildman–Crippen MR) is 113 cm³/mol. The van der Waals surface area contributed by atoms with E-state index in [1.165, 1.54) is 6.92 Å². The van der Waals surface area contributed by atoms with Gasteiger partial charge in [0.15, 0.2) is 0 Å². The number of aliphatic imine (C=N–C) groups is 1. The van der Waals surface area contributed by atoms with Crippen molar-refractivity contribution in [3.05, 3.63) is 65.7 Å². The molecule has 7 heteroatoms. The average Bonchev–Trinajstić information content (AvgIpc) is 3.25. The molecule has 1 aliphatic rings. The molecule has 0 radical (unpaired) electrons. The van der Waals surface area contributed by atoms with Crippen LogP contribution in [0.25, 0.3) is 0 Å². The van der Waals surface area contributed by atoms with E-state index in [1.54, 1.807) is 12.1 Å². The van der Waals surface area contributed by atoms with E-state index in [2.05, 4.69) is 20.9 Å². The second kappa shape index (κ2) is 10.4. The van der Waals surface area contributed by atoms with Gasteiger partial charge in [-0.1, -0.05) is 30.3 Å². The van der Waals surface area contributed by atoms with E-state index in [0.717, 1.165) is 30.7 Å². The number of ether oxygens (including phenoxy) is 1. The zero-order valence-corrected chi connectivity index (χ0v) is 16.5. The van der Waals surface area contributed by atoms with Gasteiger partial charge in [0.2, 0.25) is 11.9 Å². The predicted octanol–water partition coefficient (Wildman–Crippen LogP) is 2.70. The molecule has 0 aliphatic carbocycles. The van der Waals surface area contributed by atoms with E-state index >= 15 is 0 Å². The molecule has 3 N–H and O–H groups in total. The second-order valence-corrected chi connectivity index (χ2v) is 6.88. The summed E-state index contributed by atoms with van der Waals surface area (Å²) in [4.78, 5) is 28.2. The zero-order chi connectivity index (χ0) is 20.5. The maximum atomic E-state index is 12.7. The molecule has 2 aromatic carbocycles. The molecule has 29 heavy (non-hydrogen) atoms. The maximum absolute atomic E-state index is 12.7. The van der Waals surface area contributed by atoms with Gasteiger partial charge in [0.05, 0.1) is 12.6 Å². The summed E-state index contributed by atoms with van der Waals surface area (Å²) in [5.74, 6) is 0.0375. The van der Waals surface area contributed by atoms with Crippen LogP contribution in [-0.4, -0.2) is 37.0 Å². The first-order valence-electron chi connectivity index (χ1n) is 9.73. The zero-order valence-electron chi connectivity index (χ0n) is 16.5. The normalized spacial score (nSPS) is 16.3. The molecule has 1 fully saturated rings. The molecule has 0 spiro atoms. The van der Waals surface area contributed by atoms with Crippen molar-refractivity contribution in [2.24, 2.45) is 4.99 Å². The molecule has 1 heterocycles. The number of para-hydroxylation sites is 1. The minimum Gasteiger partial charge on any atom is -0.376 e. The van der Waals surface area contributed by atoms with Crippen molar-refractivity contribution in [2.45, 2.75) is 32.4 Å². The van der Waals surface area contributed by atoms with Crippen LogP contribution in [0.4, 0.5) is 5.69 Å². The van der Waals surface area contributed by atoms with Crippen LogP contribution < -0.4 is 16.0 Å². The molecule has 152 valence electrons. The number of carbonyl (C=O) groups excluding carboxylic acids is 2. The van der Waals surface area contributed by atoms with Gasteiger partial charge in [0, 0.05) is 31.3 Å². The van der Waals surface area contributed by atoms with Gasteiger partial charge in [-0.15, -0.1) is 0 Å². The summed E-state index contributed by atoms with van der Waals surface area (Å²) in [5.41, 5.74) is 2.27. The number of carbonyl (C=O) groups is 2. The Bertz CT molecular complexity index is 844. The lowest BCUT2D eigenvalue weighted by Crippen LogP contribution is -2.36. The van der Waals surface area contributed by atoms with Gasteiger partial charge in [0.25, 0.3) is 5.91 Å². The topological polar surface area (TPSA) is 91.8 Å². The number of amides is 2. The van der Waals surface area contributed by atoms with E-state index in [9.17, 15) is 9.59 Å². The minimum absolute atomic E-state index is 0.0903. The number of hydrogen-bond donors (Lipinski definition) is 3. The Balaban J connectivity index is 1.66. The highest BCUT2D eigenvalue weighted by atomic mass is 16.5. The number of anilines is 1. The van der Waals surface area contributed by atoms with Crippen molar-refractivity contribution in [3.8, 4) is 0 Å². The first kappa shape index (κ1) is 20.5. The summed E-state index contributed by atoms with van der Waals surface area (Å²) in [6.45, 7) is 3.16. The molecular weight excluding hydrogens is 368 g/mol. The van der Waals surface area contributed by atoms with Crippen LogP contribution in [-0.2, 0) is 16.1 Å². The Morgan fingerprint density at radius 1 is 1.10 bits per heavy atom. The van der Waals surface area contributed by atoms with E-state index in [1.807, 2.05) is 42.5 Å². The number of benzene rings is 2. The number of rotatable bonds is 6. The van der Waals surface area contributed by atoms with Crippen molar-refractivity contribution < 1.29 is 14.3 Å². The number of nitrogens with one attached hydrogen (secondary N) is 3. The number of guanidine groups is 1. The van der Waals surface area contributed by atoms with Crippen LogP contribution >= 0.6 is 0 Å².